The van der Waals surface area contributed by atoms with E-state index < -0.39 is 0 Å². The number of methoxy groups -OCH3 is 1. The van der Waals surface area contributed by atoms with Crippen LogP contribution in [-0.2, 0) is 11.2 Å². The Morgan fingerprint density at radius 1 is 1.03 bits per heavy atom. The molecule has 2 aromatic rings. The predicted octanol–water partition coefficient (Wildman–Crippen LogP) is 6.20. The summed E-state index contributed by atoms with van der Waals surface area (Å²) in [6, 6.07) is 16.9. The Bertz CT molecular complexity index is 958. The number of ketones is 1. The van der Waals surface area contributed by atoms with Gasteiger partial charge in [-0.15, -0.1) is 0 Å². The van der Waals surface area contributed by atoms with Gasteiger partial charge in [0.05, 0.1) is 7.11 Å². The molecule has 2 heteroatoms. The van der Waals surface area contributed by atoms with Gasteiger partial charge in [0.25, 0.3) is 0 Å². The maximum Gasteiger partial charge on any atom is 0.165 e. The van der Waals surface area contributed by atoms with Crippen molar-refractivity contribution < 1.29 is 9.53 Å². The van der Waals surface area contributed by atoms with Gasteiger partial charge in [0.15, 0.2) is 5.78 Å². The zero-order valence-electron chi connectivity index (χ0n) is 17.5. The van der Waals surface area contributed by atoms with Crippen molar-refractivity contribution in [3.05, 3.63) is 70.8 Å². The molecule has 0 saturated heterocycles. The predicted molar refractivity (Wildman–Crippen MR) is 117 cm³/mol. The average Bonchev–Trinajstić information content (AvgIpc) is 2.76. The zero-order chi connectivity index (χ0) is 20.0. The van der Waals surface area contributed by atoms with Gasteiger partial charge in [0.1, 0.15) is 5.75 Å². The van der Waals surface area contributed by atoms with Gasteiger partial charge in [-0.05, 0) is 96.8 Å². The van der Waals surface area contributed by atoms with Gasteiger partial charge >= 0.3 is 0 Å². The first kappa shape index (κ1) is 18.7. The molecule has 2 saturated carbocycles. The van der Waals surface area contributed by atoms with Crippen molar-refractivity contribution >= 4 is 11.9 Å². The molecule has 4 atom stereocenters. The molecule has 2 fully saturated rings. The number of carbonyl (C=O) groups is 1. The molecule has 150 valence electrons. The summed E-state index contributed by atoms with van der Waals surface area (Å²) >= 11 is 0. The van der Waals surface area contributed by atoms with Crippen LogP contribution < -0.4 is 4.74 Å². The smallest absolute Gasteiger partial charge is 0.165 e. The summed E-state index contributed by atoms with van der Waals surface area (Å²) in [4.78, 5) is 13.6. The van der Waals surface area contributed by atoms with Crippen molar-refractivity contribution in [2.24, 2.45) is 17.3 Å². The summed E-state index contributed by atoms with van der Waals surface area (Å²) < 4.78 is 5.44. The van der Waals surface area contributed by atoms with Gasteiger partial charge in [-0.1, -0.05) is 43.3 Å². The molecule has 0 aliphatic heterocycles. The Morgan fingerprint density at radius 3 is 2.66 bits per heavy atom. The summed E-state index contributed by atoms with van der Waals surface area (Å²) in [5, 5.41) is 0. The lowest BCUT2D eigenvalue weighted by Gasteiger charge is -2.53. The fourth-order valence-corrected chi connectivity index (χ4v) is 6.50. The topological polar surface area (TPSA) is 26.3 Å². The quantitative estimate of drug-likeness (QED) is 0.574. The fraction of sp³-hybridized carbons (Fsp3) is 0.444. The highest BCUT2D eigenvalue weighted by atomic mass is 16.5. The lowest BCUT2D eigenvalue weighted by Crippen LogP contribution is -2.49. The Balaban J connectivity index is 1.44. The fourth-order valence-electron chi connectivity index (χ4n) is 6.50. The molecule has 0 amide bonds. The Kier molecular flexibility index (Phi) is 4.61. The minimum Gasteiger partial charge on any atom is -0.497 e. The number of fused-ring (bicyclic) bond motifs is 5. The van der Waals surface area contributed by atoms with Crippen LogP contribution in [0.15, 0.2) is 54.1 Å². The average molecular weight is 387 g/mol. The van der Waals surface area contributed by atoms with E-state index >= 15 is 0 Å². The third-order valence-electron chi connectivity index (χ3n) is 8.00. The molecule has 0 N–H and O–H groups in total. The van der Waals surface area contributed by atoms with E-state index in [0.29, 0.717) is 23.5 Å². The second-order valence-electron chi connectivity index (χ2n) is 9.38. The van der Waals surface area contributed by atoms with E-state index in [1.54, 1.807) is 7.11 Å². The van der Waals surface area contributed by atoms with E-state index in [4.69, 9.17) is 4.74 Å². The van der Waals surface area contributed by atoms with Gasteiger partial charge in [-0.2, -0.15) is 0 Å². The zero-order valence-corrected chi connectivity index (χ0v) is 17.5. The minimum absolute atomic E-state index is 0.190. The van der Waals surface area contributed by atoms with E-state index in [1.165, 1.54) is 17.5 Å². The third-order valence-corrected chi connectivity index (χ3v) is 8.00. The van der Waals surface area contributed by atoms with Crippen LogP contribution in [-0.4, -0.2) is 12.9 Å². The largest absolute Gasteiger partial charge is 0.497 e. The molecular weight excluding hydrogens is 356 g/mol. The molecule has 5 rings (SSSR count). The van der Waals surface area contributed by atoms with Gasteiger partial charge in [0.2, 0.25) is 0 Å². The molecule has 0 bridgehead atoms. The van der Waals surface area contributed by atoms with Crippen LogP contribution in [0.3, 0.4) is 0 Å². The first-order chi connectivity index (χ1) is 14.1. The molecule has 0 radical (unpaired) electrons. The molecule has 2 nitrogen and oxygen atoms in total. The van der Waals surface area contributed by atoms with Crippen molar-refractivity contribution in [3.8, 4) is 5.75 Å². The van der Waals surface area contributed by atoms with E-state index in [0.717, 1.165) is 49.0 Å². The van der Waals surface area contributed by atoms with Crippen molar-refractivity contribution in [2.75, 3.05) is 7.11 Å². The van der Waals surface area contributed by atoms with Crippen LogP contribution in [0.4, 0.5) is 0 Å². The van der Waals surface area contributed by atoms with Crippen LogP contribution in [0.5, 0.6) is 5.75 Å². The SMILES string of the molecule is COc1ccc2c(c1)CC[C@H]1[C@@H]2CC[C@@]2(C)C(=O)/C(=C/c3ccccc3)CC[C@@H]12. The van der Waals surface area contributed by atoms with Crippen LogP contribution in [0.25, 0.3) is 6.08 Å². The second kappa shape index (κ2) is 7.16. The number of hydrogen-bond acceptors (Lipinski definition) is 2. The number of ether oxygens (including phenoxy) is 1. The molecule has 0 unspecified atom stereocenters. The highest BCUT2D eigenvalue weighted by Gasteiger charge is 2.53. The highest BCUT2D eigenvalue weighted by molar-refractivity contribution is 6.04. The Labute approximate surface area is 174 Å². The number of rotatable bonds is 2. The number of benzene rings is 2. The summed E-state index contributed by atoms with van der Waals surface area (Å²) in [6.45, 7) is 2.26. The van der Waals surface area contributed by atoms with Crippen LogP contribution >= 0.6 is 0 Å². The lowest BCUT2D eigenvalue weighted by molar-refractivity contribution is -0.134. The van der Waals surface area contributed by atoms with Crippen LogP contribution in [0.1, 0.15) is 61.6 Å². The number of allylic oxidation sites excluding steroid dienone is 1. The lowest BCUT2D eigenvalue weighted by atomic mass is 9.50. The molecule has 2 aromatic carbocycles. The van der Waals surface area contributed by atoms with Crippen LogP contribution in [0, 0.1) is 17.3 Å². The normalized spacial score (nSPS) is 32.3. The summed E-state index contributed by atoms with van der Waals surface area (Å²) in [5.41, 5.74) is 4.97. The molecule has 0 spiro atoms. The first-order valence-electron chi connectivity index (χ1n) is 11.1. The van der Waals surface area contributed by atoms with Crippen molar-refractivity contribution in [3.63, 3.8) is 0 Å². The summed E-state index contributed by atoms with van der Waals surface area (Å²) in [5.74, 6) is 3.13. The number of aryl methyl sites for hydroxylation is 1. The number of Topliss-reactive ketones (excluding diaryl/α,β-unsaturated/α-hetero) is 1. The molecule has 3 aliphatic rings. The molecule has 29 heavy (non-hydrogen) atoms. The Hall–Kier alpha value is -2.35. The summed E-state index contributed by atoms with van der Waals surface area (Å²) in [7, 11) is 1.74. The minimum atomic E-state index is -0.190. The Morgan fingerprint density at radius 2 is 1.86 bits per heavy atom. The van der Waals surface area contributed by atoms with Crippen LogP contribution in [0.2, 0.25) is 0 Å². The first-order valence-corrected chi connectivity index (χ1v) is 11.1. The van der Waals surface area contributed by atoms with Gasteiger partial charge in [-0.25, -0.2) is 0 Å². The third kappa shape index (κ3) is 3.04. The van der Waals surface area contributed by atoms with E-state index in [-0.39, 0.29) is 5.41 Å². The van der Waals surface area contributed by atoms with E-state index in [2.05, 4.69) is 43.3 Å². The second-order valence-corrected chi connectivity index (χ2v) is 9.38. The van der Waals surface area contributed by atoms with E-state index in [1.807, 2.05) is 18.2 Å². The van der Waals surface area contributed by atoms with Crippen molar-refractivity contribution in [2.45, 2.75) is 51.4 Å². The molecule has 0 aromatic heterocycles. The van der Waals surface area contributed by atoms with Crippen molar-refractivity contribution in [1.29, 1.82) is 0 Å². The van der Waals surface area contributed by atoms with Gasteiger partial charge < -0.3 is 4.74 Å². The maximum absolute atomic E-state index is 13.6. The number of hydrogen-bond donors (Lipinski definition) is 0. The molecule has 3 aliphatic carbocycles. The highest BCUT2D eigenvalue weighted by Crippen LogP contribution is 2.59. The molecule has 0 heterocycles. The van der Waals surface area contributed by atoms with Gasteiger partial charge in [-0.3, -0.25) is 4.79 Å². The van der Waals surface area contributed by atoms with Gasteiger partial charge in [0, 0.05) is 5.41 Å². The standard InChI is InChI=1S/C27H30O2/c1-27-15-14-23-22-12-10-21(29-2)17-19(22)8-11-24(23)25(27)13-9-20(26(27)28)16-18-6-4-3-5-7-18/h3-7,10,12,16-17,23-25H,8-9,11,13-15H2,1-2H3/b20-16+/t23-,24+,25+,27-/m1/s1. The monoisotopic (exact) mass is 386 g/mol. The number of carbonyl (C=O) groups excluding carboxylic acids is 1. The van der Waals surface area contributed by atoms with E-state index in [9.17, 15) is 4.79 Å². The maximum atomic E-state index is 13.6. The van der Waals surface area contributed by atoms with Crippen molar-refractivity contribution in [1.82, 2.24) is 0 Å². The summed E-state index contributed by atoms with van der Waals surface area (Å²) in [6.07, 6.45) is 8.66. The molecular formula is C27H30O2.